The van der Waals surface area contributed by atoms with Crippen molar-refractivity contribution in [3.63, 3.8) is 0 Å². The van der Waals surface area contributed by atoms with Gasteiger partial charge in [-0.25, -0.2) is 13.8 Å². The van der Waals surface area contributed by atoms with Gasteiger partial charge in [0.25, 0.3) is 0 Å². The van der Waals surface area contributed by atoms with Gasteiger partial charge in [-0.1, -0.05) is 0 Å². The number of rotatable bonds is 4. The summed E-state index contributed by atoms with van der Waals surface area (Å²) in [4.78, 5) is 4.19. The third-order valence-electron chi connectivity index (χ3n) is 2.36. The molecule has 0 spiro atoms. The van der Waals surface area contributed by atoms with E-state index in [1.165, 1.54) is 0 Å². The highest BCUT2D eigenvalue weighted by Crippen LogP contribution is 2.21. The molecule has 118 valence electrons. The first-order valence-electron chi connectivity index (χ1n) is 6.70. The van der Waals surface area contributed by atoms with Crippen LogP contribution in [0.1, 0.15) is 34.6 Å². The van der Waals surface area contributed by atoms with Gasteiger partial charge in [0.05, 0.1) is 6.54 Å². The second kappa shape index (κ2) is 6.28. The summed E-state index contributed by atoms with van der Waals surface area (Å²) >= 11 is 0. The van der Waals surface area contributed by atoms with Crippen LogP contribution in [0.4, 0.5) is 8.78 Å². The Morgan fingerprint density at radius 3 is 2.14 bits per heavy atom. The maximum atomic E-state index is 13.1. The molecular formula is C15H23F2N3O. The summed E-state index contributed by atoms with van der Waals surface area (Å²) < 4.78 is 31.8. The minimum Gasteiger partial charge on any atom is -0.486 e. The number of aliphatic imine (C=N–C) groups is 1. The number of hydrogen-bond acceptors (Lipinski definition) is 2. The number of ether oxygens (including phenoxy) is 1. The zero-order valence-corrected chi connectivity index (χ0v) is 13.1. The SMILES string of the molecule is CC(C)(C)NC(N)=NCC(C)(C)Oc1cc(F)cc(F)c1. The summed E-state index contributed by atoms with van der Waals surface area (Å²) in [6.45, 7) is 9.68. The number of guanidine groups is 1. The molecule has 0 unspecified atom stereocenters. The van der Waals surface area contributed by atoms with E-state index in [4.69, 9.17) is 10.5 Å². The summed E-state index contributed by atoms with van der Waals surface area (Å²) in [6, 6.07) is 3.06. The van der Waals surface area contributed by atoms with Crippen LogP contribution in [0.5, 0.6) is 5.75 Å². The van der Waals surface area contributed by atoms with Crippen molar-refractivity contribution in [1.82, 2.24) is 5.32 Å². The van der Waals surface area contributed by atoms with Crippen molar-refractivity contribution in [2.45, 2.75) is 45.8 Å². The molecule has 1 aromatic rings. The zero-order chi connectivity index (χ0) is 16.3. The Morgan fingerprint density at radius 1 is 1.14 bits per heavy atom. The topological polar surface area (TPSA) is 59.6 Å². The van der Waals surface area contributed by atoms with Crippen LogP contribution in [0.25, 0.3) is 0 Å². The van der Waals surface area contributed by atoms with E-state index in [0.29, 0.717) is 5.96 Å². The highest BCUT2D eigenvalue weighted by Gasteiger charge is 2.21. The molecule has 0 aromatic heterocycles. The number of hydrogen-bond donors (Lipinski definition) is 2. The van der Waals surface area contributed by atoms with Crippen LogP contribution in [-0.4, -0.2) is 23.6 Å². The summed E-state index contributed by atoms with van der Waals surface area (Å²) in [5.74, 6) is -0.948. The molecule has 0 saturated heterocycles. The predicted octanol–water partition coefficient (Wildman–Crippen LogP) is 2.83. The third kappa shape index (κ3) is 6.92. The lowest BCUT2D eigenvalue weighted by atomic mass is 10.1. The second-order valence-corrected chi connectivity index (χ2v) is 6.54. The van der Waals surface area contributed by atoms with Gasteiger partial charge in [-0.3, -0.25) is 0 Å². The van der Waals surface area contributed by atoms with E-state index in [0.717, 1.165) is 18.2 Å². The summed E-state index contributed by atoms with van der Waals surface area (Å²) in [5.41, 5.74) is 4.84. The van der Waals surface area contributed by atoms with Gasteiger partial charge in [0.15, 0.2) is 5.96 Å². The van der Waals surface area contributed by atoms with E-state index in [2.05, 4.69) is 10.3 Å². The molecule has 0 bridgehead atoms. The number of benzene rings is 1. The number of nitrogens with two attached hydrogens (primary N) is 1. The van der Waals surface area contributed by atoms with Crippen LogP contribution in [0.15, 0.2) is 23.2 Å². The maximum absolute atomic E-state index is 13.1. The van der Waals surface area contributed by atoms with Crippen molar-refractivity contribution in [2.75, 3.05) is 6.54 Å². The van der Waals surface area contributed by atoms with E-state index in [1.54, 1.807) is 13.8 Å². The van der Waals surface area contributed by atoms with Gasteiger partial charge in [0.2, 0.25) is 0 Å². The fourth-order valence-corrected chi connectivity index (χ4v) is 1.64. The fourth-order valence-electron chi connectivity index (χ4n) is 1.64. The molecule has 0 amide bonds. The molecule has 0 radical (unpaired) electrons. The van der Waals surface area contributed by atoms with Gasteiger partial charge in [0.1, 0.15) is 23.0 Å². The maximum Gasteiger partial charge on any atom is 0.189 e. The standard InChI is InChI=1S/C15H23F2N3O/c1-14(2,3)20-13(18)19-9-15(4,5)21-12-7-10(16)6-11(17)8-12/h6-8H,9H2,1-5H3,(H3,18,19,20). The molecule has 6 heteroatoms. The number of nitrogens with zero attached hydrogens (tertiary/aromatic N) is 1. The molecular weight excluding hydrogens is 276 g/mol. The molecule has 0 aliphatic carbocycles. The largest absolute Gasteiger partial charge is 0.486 e. The molecule has 0 aliphatic rings. The number of halogens is 2. The Morgan fingerprint density at radius 2 is 1.67 bits per heavy atom. The van der Waals surface area contributed by atoms with E-state index in [9.17, 15) is 8.78 Å². The van der Waals surface area contributed by atoms with Crippen LogP contribution in [0, 0.1) is 11.6 Å². The van der Waals surface area contributed by atoms with Gasteiger partial charge in [-0.2, -0.15) is 0 Å². The highest BCUT2D eigenvalue weighted by molar-refractivity contribution is 5.78. The summed E-state index contributed by atoms with van der Waals surface area (Å²) in [5, 5.41) is 3.03. The van der Waals surface area contributed by atoms with E-state index in [-0.39, 0.29) is 17.8 Å². The Bertz CT molecular complexity index is 502. The Kier molecular flexibility index (Phi) is 5.15. The summed E-state index contributed by atoms with van der Waals surface area (Å²) in [7, 11) is 0. The monoisotopic (exact) mass is 299 g/mol. The molecule has 0 heterocycles. The lowest BCUT2D eigenvalue weighted by Gasteiger charge is -2.26. The first kappa shape index (κ1) is 17.2. The third-order valence-corrected chi connectivity index (χ3v) is 2.36. The Hall–Kier alpha value is -1.85. The van der Waals surface area contributed by atoms with Crippen molar-refractivity contribution in [3.05, 3.63) is 29.8 Å². The van der Waals surface area contributed by atoms with Crippen LogP contribution in [-0.2, 0) is 0 Å². The van der Waals surface area contributed by atoms with Crippen LogP contribution in [0.2, 0.25) is 0 Å². The van der Waals surface area contributed by atoms with Crippen molar-refractivity contribution in [3.8, 4) is 5.75 Å². The fraction of sp³-hybridized carbons (Fsp3) is 0.533. The minimum absolute atomic E-state index is 0.120. The molecule has 21 heavy (non-hydrogen) atoms. The molecule has 4 nitrogen and oxygen atoms in total. The van der Waals surface area contributed by atoms with Crippen molar-refractivity contribution in [1.29, 1.82) is 0 Å². The molecule has 1 aromatic carbocycles. The Labute approximate surface area is 124 Å². The van der Waals surface area contributed by atoms with Crippen LogP contribution < -0.4 is 15.8 Å². The highest BCUT2D eigenvalue weighted by atomic mass is 19.1. The van der Waals surface area contributed by atoms with Crippen molar-refractivity contribution >= 4 is 5.96 Å². The number of nitrogens with one attached hydrogen (secondary N) is 1. The second-order valence-electron chi connectivity index (χ2n) is 6.54. The van der Waals surface area contributed by atoms with Gasteiger partial charge in [-0.05, 0) is 34.6 Å². The molecule has 0 saturated carbocycles. The molecule has 0 aliphatic heterocycles. The average molecular weight is 299 g/mol. The first-order valence-corrected chi connectivity index (χ1v) is 6.70. The lowest BCUT2D eigenvalue weighted by Crippen LogP contribution is -2.46. The first-order chi connectivity index (χ1) is 9.47. The quantitative estimate of drug-likeness (QED) is 0.664. The Balaban J connectivity index is 2.71. The van der Waals surface area contributed by atoms with Gasteiger partial charge >= 0.3 is 0 Å². The minimum atomic E-state index is -0.746. The lowest BCUT2D eigenvalue weighted by molar-refractivity contribution is 0.118. The molecule has 1 rings (SSSR count). The normalized spacial score (nSPS) is 13.2. The summed E-state index contributed by atoms with van der Waals surface area (Å²) in [6.07, 6.45) is 0. The smallest absolute Gasteiger partial charge is 0.189 e. The van der Waals surface area contributed by atoms with E-state index in [1.807, 2.05) is 20.8 Å². The molecule has 0 atom stereocenters. The molecule has 0 fully saturated rings. The van der Waals surface area contributed by atoms with Gasteiger partial charge < -0.3 is 15.8 Å². The van der Waals surface area contributed by atoms with Crippen molar-refractivity contribution < 1.29 is 13.5 Å². The van der Waals surface area contributed by atoms with Crippen LogP contribution in [0.3, 0.4) is 0 Å². The zero-order valence-electron chi connectivity index (χ0n) is 13.1. The van der Waals surface area contributed by atoms with Crippen LogP contribution >= 0.6 is 0 Å². The van der Waals surface area contributed by atoms with Crippen molar-refractivity contribution in [2.24, 2.45) is 10.7 Å². The van der Waals surface area contributed by atoms with E-state index < -0.39 is 17.2 Å². The van der Waals surface area contributed by atoms with Gasteiger partial charge in [0, 0.05) is 23.7 Å². The van der Waals surface area contributed by atoms with Gasteiger partial charge in [-0.15, -0.1) is 0 Å². The average Bonchev–Trinajstić information content (AvgIpc) is 2.22. The predicted molar refractivity (Wildman–Crippen MR) is 80.4 cm³/mol. The molecule has 3 N–H and O–H groups in total. The van der Waals surface area contributed by atoms with E-state index >= 15 is 0 Å².